The number of benzene rings is 1. The average Bonchev–Trinajstić information content (AvgIpc) is 3.22. The minimum absolute atomic E-state index is 0.0367. The van der Waals surface area contributed by atoms with Crippen molar-refractivity contribution < 1.29 is 14.4 Å². The summed E-state index contributed by atoms with van der Waals surface area (Å²) in [5.74, 6) is -1.25. The van der Waals surface area contributed by atoms with Gasteiger partial charge in [0.25, 0.3) is 5.91 Å². The van der Waals surface area contributed by atoms with E-state index in [0.29, 0.717) is 23.9 Å². The van der Waals surface area contributed by atoms with Gasteiger partial charge in [0.1, 0.15) is 0 Å². The summed E-state index contributed by atoms with van der Waals surface area (Å²) in [5, 5.41) is 4.93. The topological polar surface area (TPSA) is 95.0 Å². The number of piperazine rings is 1. The SMILES string of the molecule is Cc1ccc(C)c(N2CCN(C(=O)Cc3csc(NC(=O)C4C=CC(=O)N=C4)n3)CC2)c1. The van der Waals surface area contributed by atoms with Crippen LogP contribution >= 0.6 is 11.3 Å². The maximum Gasteiger partial charge on any atom is 0.269 e. The van der Waals surface area contributed by atoms with E-state index in [1.54, 1.807) is 5.38 Å². The van der Waals surface area contributed by atoms with Crippen molar-refractivity contribution >= 4 is 46.1 Å². The normalized spacial score (nSPS) is 18.2. The lowest BCUT2D eigenvalue weighted by Gasteiger charge is -2.37. The predicted octanol–water partition coefficient (Wildman–Crippen LogP) is 2.37. The van der Waals surface area contributed by atoms with Gasteiger partial charge in [-0.15, -0.1) is 11.3 Å². The van der Waals surface area contributed by atoms with Crippen molar-refractivity contribution in [1.82, 2.24) is 9.88 Å². The van der Waals surface area contributed by atoms with Gasteiger partial charge in [0.05, 0.1) is 18.0 Å². The Morgan fingerprint density at radius 2 is 1.97 bits per heavy atom. The van der Waals surface area contributed by atoms with Crippen molar-refractivity contribution in [3.63, 3.8) is 0 Å². The molecule has 2 aliphatic rings. The zero-order valence-corrected chi connectivity index (χ0v) is 18.9. The summed E-state index contributed by atoms with van der Waals surface area (Å²) in [4.78, 5) is 48.3. The van der Waals surface area contributed by atoms with Crippen LogP contribution in [0.15, 0.2) is 40.7 Å². The number of hydrogen-bond donors (Lipinski definition) is 1. The zero-order chi connectivity index (χ0) is 22.7. The molecule has 3 heterocycles. The molecule has 3 amide bonds. The highest BCUT2D eigenvalue weighted by Crippen LogP contribution is 2.23. The molecule has 2 aromatic rings. The van der Waals surface area contributed by atoms with Crippen molar-refractivity contribution in [1.29, 1.82) is 0 Å². The van der Waals surface area contributed by atoms with E-state index in [2.05, 4.69) is 52.2 Å². The first-order valence-electron chi connectivity index (χ1n) is 10.5. The Balaban J connectivity index is 1.29. The Morgan fingerprint density at radius 3 is 2.69 bits per heavy atom. The molecule has 166 valence electrons. The second-order valence-corrected chi connectivity index (χ2v) is 8.83. The van der Waals surface area contributed by atoms with Gasteiger partial charge >= 0.3 is 0 Å². The summed E-state index contributed by atoms with van der Waals surface area (Å²) >= 11 is 1.27. The van der Waals surface area contributed by atoms with Gasteiger partial charge in [0.2, 0.25) is 11.8 Å². The summed E-state index contributed by atoms with van der Waals surface area (Å²) in [5.41, 5.74) is 4.35. The zero-order valence-electron chi connectivity index (χ0n) is 18.1. The maximum absolute atomic E-state index is 12.8. The van der Waals surface area contributed by atoms with E-state index in [1.807, 2.05) is 4.90 Å². The van der Waals surface area contributed by atoms with Gasteiger partial charge in [-0.25, -0.2) is 9.98 Å². The number of aryl methyl sites for hydroxylation is 2. The van der Waals surface area contributed by atoms with Crippen molar-refractivity contribution in [3.8, 4) is 0 Å². The Kier molecular flexibility index (Phi) is 6.45. The molecule has 8 nitrogen and oxygen atoms in total. The lowest BCUT2D eigenvalue weighted by Crippen LogP contribution is -2.49. The van der Waals surface area contributed by atoms with Crippen LogP contribution in [-0.2, 0) is 20.8 Å². The number of aliphatic imine (C=N–C) groups is 1. The number of dihydropyridines is 1. The van der Waals surface area contributed by atoms with Crippen molar-refractivity contribution in [2.45, 2.75) is 20.3 Å². The van der Waals surface area contributed by atoms with E-state index < -0.39 is 5.92 Å². The van der Waals surface area contributed by atoms with Gasteiger partial charge in [0.15, 0.2) is 5.13 Å². The number of rotatable bonds is 5. The highest BCUT2D eigenvalue weighted by Gasteiger charge is 2.23. The molecule has 0 spiro atoms. The number of nitrogens with zero attached hydrogens (tertiary/aromatic N) is 4. The molecule has 0 aliphatic carbocycles. The minimum atomic E-state index is -0.602. The number of amides is 3. The first-order valence-corrected chi connectivity index (χ1v) is 11.4. The lowest BCUT2D eigenvalue weighted by molar-refractivity contribution is -0.130. The Bertz CT molecular complexity index is 1080. The molecule has 1 saturated heterocycles. The Morgan fingerprint density at radius 1 is 1.19 bits per heavy atom. The number of hydrogen-bond acceptors (Lipinski definition) is 6. The monoisotopic (exact) mass is 451 g/mol. The third-order valence-corrected chi connectivity index (χ3v) is 6.37. The van der Waals surface area contributed by atoms with Crippen LogP contribution in [0, 0.1) is 19.8 Å². The van der Waals surface area contributed by atoms with E-state index in [0.717, 1.165) is 13.1 Å². The molecule has 2 aliphatic heterocycles. The van der Waals surface area contributed by atoms with Crippen LogP contribution in [0.2, 0.25) is 0 Å². The first kappa shape index (κ1) is 21.9. The van der Waals surface area contributed by atoms with Gasteiger partial charge in [-0.3, -0.25) is 14.4 Å². The minimum Gasteiger partial charge on any atom is -0.368 e. The van der Waals surface area contributed by atoms with Crippen LogP contribution in [0.5, 0.6) is 0 Å². The fourth-order valence-corrected chi connectivity index (χ4v) is 4.46. The molecule has 1 unspecified atom stereocenters. The molecule has 4 rings (SSSR count). The first-order chi connectivity index (χ1) is 15.4. The molecule has 1 fully saturated rings. The molecular formula is C23H25N5O3S. The summed E-state index contributed by atoms with van der Waals surface area (Å²) < 4.78 is 0. The number of thiazole rings is 1. The summed E-state index contributed by atoms with van der Waals surface area (Å²) in [6, 6.07) is 6.45. The highest BCUT2D eigenvalue weighted by atomic mass is 32.1. The van der Waals surface area contributed by atoms with Gasteiger partial charge in [-0.05, 0) is 31.0 Å². The van der Waals surface area contributed by atoms with Crippen molar-refractivity contribution in [2.24, 2.45) is 10.9 Å². The fourth-order valence-electron chi connectivity index (χ4n) is 3.75. The standard InChI is InChI=1S/C23H25N5O3S/c1-15-3-4-16(2)19(11-15)27-7-9-28(10-8-27)21(30)12-18-14-32-23(25-18)26-22(31)17-5-6-20(29)24-13-17/h3-6,11,13-14,17H,7-10,12H2,1-2H3,(H,25,26,31). The third kappa shape index (κ3) is 5.11. The van der Waals surface area contributed by atoms with E-state index in [9.17, 15) is 14.4 Å². The molecule has 32 heavy (non-hydrogen) atoms. The molecule has 0 saturated carbocycles. The molecule has 0 bridgehead atoms. The Labute approximate surface area is 190 Å². The maximum atomic E-state index is 12.8. The smallest absolute Gasteiger partial charge is 0.269 e. The number of nitrogens with one attached hydrogen (secondary N) is 1. The summed E-state index contributed by atoms with van der Waals surface area (Å²) in [6.45, 7) is 7.15. The quantitative estimate of drug-likeness (QED) is 0.753. The molecule has 1 N–H and O–H groups in total. The second kappa shape index (κ2) is 9.44. The van der Waals surface area contributed by atoms with Gasteiger partial charge in [-0.2, -0.15) is 0 Å². The molecule has 0 radical (unpaired) electrons. The van der Waals surface area contributed by atoms with Crippen LogP contribution in [0.4, 0.5) is 10.8 Å². The molecule has 1 atom stereocenters. The van der Waals surface area contributed by atoms with Gasteiger partial charge in [0, 0.05) is 49.5 Å². The van der Waals surface area contributed by atoms with E-state index >= 15 is 0 Å². The van der Waals surface area contributed by atoms with E-state index in [-0.39, 0.29) is 24.1 Å². The molecule has 1 aromatic carbocycles. The van der Waals surface area contributed by atoms with Gasteiger partial charge in [-0.1, -0.05) is 18.2 Å². The van der Waals surface area contributed by atoms with Crippen LogP contribution in [-0.4, -0.2) is 60.0 Å². The average molecular weight is 452 g/mol. The summed E-state index contributed by atoms with van der Waals surface area (Å²) in [7, 11) is 0. The van der Waals surface area contributed by atoms with Crippen LogP contribution < -0.4 is 10.2 Å². The second-order valence-electron chi connectivity index (χ2n) is 7.97. The highest BCUT2D eigenvalue weighted by molar-refractivity contribution is 7.14. The molecule has 1 aromatic heterocycles. The van der Waals surface area contributed by atoms with Gasteiger partial charge < -0.3 is 15.1 Å². The predicted molar refractivity (Wildman–Crippen MR) is 125 cm³/mol. The molecular weight excluding hydrogens is 426 g/mol. The largest absolute Gasteiger partial charge is 0.368 e. The number of carbonyl (C=O) groups is 3. The number of aromatic nitrogens is 1. The van der Waals surface area contributed by atoms with Crippen LogP contribution in [0.1, 0.15) is 16.8 Å². The van der Waals surface area contributed by atoms with E-state index in [1.165, 1.54) is 46.5 Å². The van der Waals surface area contributed by atoms with Crippen molar-refractivity contribution in [3.05, 3.63) is 52.6 Å². The summed E-state index contributed by atoms with van der Waals surface area (Å²) in [6.07, 6.45) is 4.29. The van der Waals surface area contributed by atoms with Crippen molar-refractivity contribution in [2.75, 3.05) is 36.4 Å². The lowest BCUT2D eigenvalue weighted by atomic mass is 10.1. The Hall–Kier alpha value is -3.33. The molecule has 9 heteroatoms. The third-order valence-electron chi connectivity index (χ3n) is 5.56. The van der Waals surface area contributed by atoms with E-state index in [4.69, 9.17) is 0 Å². The van der Waals surface area contributed by atoms with Crippen LogP contribution in [0.25, 0.3) is 0 Å². The fraction of sp³-hybridized carbons (Fsp3) is 0.348. The number of carbonyl (C=O) groups excluding carboxylic acids is 3. The number of anilines is 2. The van der Waals surface area contributed by atoms with Crippen LogP contribution in [0.3, 0.4) is 0 Å².